The van der Waals surface area contributed by atoms with Gasteiger partial charge in [-0.25, -0.2) is 9.18 Å². The van der Waals surface area contributed by atoms with Crippen molar-refractivity contribution in [2.24, 2.45) is 0 Å². The molecule has 2 amide bonds. The van der Waals surface area contributed by atoms with Gasteiger partial charge in [0.15, 0.2) is 0 Å². The predicted molar refractivity (Wildman–Crippen MR) is 75.3 cm³/mol. The number of anilines is 2. The average Bonchev–Trinajstić information content (AvgIpc) is 2.41. The van der Waals surface area contributed by atoms with Crippen molar-refractivity contribution in [2.75, 3.05) is 10.6 Å². The molecule has 8 heteroatoms. The van der Waals surface area contributed by atoms with Gasteiger partial charge in [0.25, 0.3) is 10.1 Å². The maximum absolute atomic E-state index is 12.7. The maximum Gasteiger partial charge on any atom is 0.323 e. The quantitative estimate of drug-likeness (QED) is 0.760. The highest BCUT2D eigenvalue weighted by Gasteiger charge is 2.10. The third kappa shape index (κ3) is 4.26. The van der Waals surface area contributed by atoms with E-state index < -0.39 is 22.0 Å². The lowest BCUT2D eigenvalue weighted by atomic mass is 10.3. The molecule has 0 aliphatic rings. The van der Waals surface area contributed by atoms with Gasteiger partial charge in [-0.15, -0.1) is 0 Å². The predicted octanol–water partition coefficient (Wildman–Crippen LogP) is 2.72. The molecule has 0 fully saturated rings. The number of rotatable bonds is 3. The Balaban J connectivity index is 2.08. The molecule has 0 atom stereocenters. The molecule has 0 saturated heterocycles. The molecule has 0 spiro atoms. The van der Waals surface area contributed by atoms with Gasteiger partial charge in [-0.05, 0) is 42.5 Å². The normalized spacial score (nSPS) is 11.0. The summed E-state index contributed by atoms with van der Waals surface area (Å²) in [6.45, 7) is 0. The highest BCUT2D eigenvalue weighted by Crippen LogP contribution is 2.15. The molecular weight excluding hydrogens is 299 g/mol. The molecule has 6 nitrogen and oxygen atoms in total. The van der Waals surface area contributed by atoms with Gasteiger partial charge < -0.3 is 10.6 Å². The minimum atomic E-state index is -4.34. The van der Waals surface area contributed by atoms with Crippen LogP contribution in [-0.2, 0) is 10.1 Å². The molecule has 0 unspecified atom stereocenters. The first-order chi connectivity index (χ1) is 9.84. The van der Waals surface area contributed by atoms with Crippen LogP contribution in [0.3, 0.4) is 0 Å². The molecule has 0 radical (unpaired) electrons. The van der Waals surface area contributed by atoms with Crippen LogP contribution >= 0.6 is 0 Å². The number of amides is 2. The molecule has 2 aromatic carbocycles. The van der Waals surface area contributed by atoms with Gasteiger partial charge in [-0.3, -0.25) is 4.55 Å². The maximum atomic E-state index is 12.7. The smallest absolute Gasteiger partial charge is 0.308 e. The van der Waals surface area contributed by atoms with Crippen LogP contribution in [0.1, 0.15) is 0 Å². The summed E-state index contributed by atoms with van der Waals surface area (Å²) in [4.78, 5) is 11.4. The molecule has 110 valence electrons. The molecule has 0 heterocycles. The lowest BCUT2D eigenvalue weighted by Crippen LogP contribution is -2.19. The second-order valence-corrected chi connectivity index (χ2v) is 5.51. The van der Waals surface area contributed by atoms with Crippen molar-refractivity contribution < 1.29 is 22.2 Å². The molecule has 3 N–H and O–H groups in total. The SMILES string of the molecule is O=C(Nc1ccc(F)cc1)Nc1cccc(S(=O)(=O)O)c1. The largest absolute Gasteiger partial charge is 0.323 e. The first-order valence-electron chi connectivity index (χ1n) is 5.76. The number of halogens is 1. The zero-order valence-electron chi connectivity index (χ0n) is 10.6. The van der Waals surface area contributed by atoms with Crippen molar-refractivity contribution in [2.45, 2.75) is 4.90 Å². The van der Waals surface area contributed by atoms with Crippen molar-refractivity contribution in [1.82, 2.24) is 0 Å². The van der Waals surface area contributed by atoms with Gasteiger partial charge in [0.05, 0.1) is 4.90 Å². The van der Waals surface area contributed by atoms with Crippen LogP contribution in [0.4, 0.5) is 20.6 Å². The van der Waals surface area contributed by atoms with Gasteiger partial charge in [-0.2, -0.15) is 8.42 Å². The lowest BCUT2D eigenvalue weighted by molar-refractivity contribution is 0.262. The van der Waals surface area contributed by atoms with E-state index >= 15 is 0 Å². The summed E-state index contributed by atoms with van der Waals surface area (Å²) in [5, 5.41) is 4.85. The van der Waals surface area contributed by atoms with Gasteiger partial charge >= 0.3 is 6.03 Å². The fraction of sp³-hybridized carbons (Fsp3) is 0. The van der Waals surface area contributed by atoms with Crippen LogP contribution in [0.25, 0.3) is 0 Å². The van der Waals surface area contributed by atoms with Crippen molar-refractivity contribution in [1.29, 1.82) is 0 Å². The number of nitrogens with one attached hydrogen (secondary N) is 2. The van der Waals surface area contributed by atoms with E-state index in [2.05, 4.69) is 10.6 Å². The van der Waals surface area contributed by atoms with Crippen LogP contribution < -0.4 is 10.6 Å². The minimum Gasteiger partial charge on any atom is -0.308 e. The second kappa shape index (κ2) is 5.90. The Bertz CT molecular complexity index is 760. The summed E-state index contributed by atoms with van der Waals surface area (Å²) in [5.41, 5.74) is 0.560. The molecule has 2 aromatic rings. The van der Waals surface area contributed by atoms with Gasteiger partial charge in [-0.1, -0.05) is 6.07 Å². The number of benzene rings is 2. The highest BCUT2D eigenvalue weighted by molar-refractivity contribution is 7.85. The summed E-state index contributed by atoms with van der Waals surface area (Å²) in [6.07, 6.45) is 0. The zero-order chi connectivity index (χ0) is 15.5. The van der Waals surface area contributed by atoms with E-state index in [0.717, 1.165) is 6.07 Å². The molecule has 21 heavy (non-hydrogen) atoms. The summed E-state index contributed by atoms with van der Waals surface area (Å²) in [5.74, 6) is -0.429. The Morgan fingerprint density at radius 2 is 1.62 bits per heavy atom. The fourth-order valence-corrected chi connectivity index (χ4v) is 2.09. The van der Waals surface area contributed by atoms with Crippen molar-refractivity contribution >= 4 is 27.5 Å². The van der Waals surface area contributed by atoms with Gasteiger partial charge in [0.2, 0.25) is 0 Å². The van der Waals surface area contributed by atoms with E-state index in [1.165, 1.54) is 42.5 Å². The number of urea groups is 1. The zero-order valence-corrected chi connectivity index (χ0v) is 11.4. The van der Waals surface area contributed by atoms with Crippen LogP contribution in [0.5, 0.6) is 0 Å². The molecule has 0 bridgehead atoms. The van der Waals surface area contributed by atoms with E-state index in [1.54, 1.807) is 0 Å². The van der Waals surface area contributed by atoms with Crippen LogP contribution in [-0.4, -0.2) is 19.0 Å². The van der Waals surface area contributed by atoms with Crippen molar-refractivity contribution in [3.63, 3.8) is 0 Å². The third-order valence-electron chi connectivity index (χ3n) is 2.49. The Morgan fingerprint density at radius 1 is 1.00 bits per heavy atom. The summed E-state index contributed by atoms with van der Waals surface area (Å²) in [7, 11) is -4.34. The molecule has 0 saturated carbocycles. The number of hydrogen-bond donors (Lipinski definition) is 3. The van der Waals surface area contributed by atoms with E-state index in [1.807, 2.05) is 0 Å². The van der Waals surface area contributed by atoms with Gasteiger partial charge in [0, 0.05) is 11.4 Å². The first-order valence-corrected chi connectivity index (χ1v) is 7.20. The summed E-state index contributed by atoms with van der Waals surface area (Å²) in [6, 6.07) is 9.64. The van der Waals surface area contributed by atoms with Crippen LogP contribution in [0, 0.1) is 5.82 Å². The van der Waals surface area contributed by atoms with Crippen LogP contribution in [0.2, 0.25) is 0 Å². The molecule has 2 rings (SSSR count). The number of hydrogen-bond acceptors (Lipinski definition) is 3. The monoisotopic (exact) mass is 310 g/mol. The van der Waals surface area contributed by atoms with Crippen molar-refractivity contribution in [3.8, 4) is 0 Å². The Labute approximate surface area is 120 Å². The van der Waals surface area contributed by atoms with Gasteiger partial charge in [0.1, 0.15) is 5.82 Å². The first kappa shape index (κ1) is 14.9. The topological polar surface area (TPSA) is 95.5 Å². The second-order valence-electron chi connectivity index (χ2n) is 4.09. The standard InChI is InChI=1S/C13H11FN2O4S/c14-9-4-6-10(7-5-9)15-13(17)16-11-2-1-3-12(8-11)21(18,19)20/h1-8H,(H2,15,16,17)(H,18,19,20). The highest BCUT2D eigenvalue weighted by atomic mass is 32.2. The van der Waals surface area contributed by atoms with E-state index in [-0.39, 0.29) is 10.6 Å². The Kier molecular flexibility index (Phi) is 4.20. The lowest BCUT2D eigenvalue weighted by Gasteiger charge is -2.08. The van der Waals surface area contributed by atoms with E-state index in [4.69, 9.17) is 4.55 Å². The summed E-state index contributed by atoms with van der Waals surface area (Å²) < 4.78 is 43.6. The molecule has 0 aliphatic heterocycles. The van der Waals surface area contributed by atoms with Crippen LogP contribution in [0.15, 0.2) is 53.4 Å². The molecular formula is C13H11FN2O4S. The van der Waals surface area contributed by atoms with E-state index in [0.29, 0.717) is 5.69 Å². The number of carbonyl (C=O) groups is 1. The fourth-order valence-electron chi connectivity index (χ4n) is 1.56. The minimum absolute atomic E-state index is 0.185. The third-order valence-corrected chi connectivity index (χ3v) is 3.34. The Hall–Kier alpha value is -2.45. The number of carbonyl (C=O) groups excluding carboxylic acids is 1. The van der Waals surface area contributed by atoms with E-state index in [9.17, 15) is 17.6 Å². The summed E-state index contributed by atoms with van der Waals surface area (Å²) >= 11 is 0. The average molecular weight is 310 g/mol. The molecule has 0 aliphatic carbocycles. The Morgan fingerprint density at radius 3 is 2.24 bits per heavy atom. The molecule has 0 aromatic heterocycles. The van der Waals surface area contributed by atoms with Crippen molar-refractivity contribution in [3.05, 3.63) is 54.3 Å².